The van der Waals surface area contributed by atoms with Gasteiger partial charge in [-0.05, 0) is 35.4 Å². The third kappa shape index (κ3) is 4.09. The number of nitrogens with zero attached hydrogens (tertiary/aromatic N) is 2. The van der Waals surface area contributed by atoms with Crippen LogP contribution in [0.2, 0.25) is 0 Å². The zero-order chi connectivity index (χ0) is 23.9. The highest BCUT2D eigenvalue weighted by molar-refractivity contribution is 5.98. The number of rotatable bonds is 5. The highest BCUT2D eigenvalue weighted by atomic mass is 19.4. The number of fused-ring (bicyclic) bond motifs is 2. The third-order valence-electron chi connectivity index (χ3n) is 5.89. The number of carbonyl (C=O) groups excluding carboxylic acids is 1. The van der Waals surface area contributed by atoms with Gasteiger partial charge in [-0.3, -0.25) is 4.79 Å². The molecule has 2 N–H and O–H groups in total. The van der Waals surface area contributed by atoms with Gasteiger partial charge in [0.1, 0.15) is 17.1 Å². The van der Waals surface area contributed by atoms with Gasteiger partial charge in [0.2, 0.25) is 6.79 Å². The number of hydrogen-bond acceptors (Lipinski definition) is 6. The second-order valence-electron chi connectivity index (χ2n) is 7.98. The number of amides is 1. The molecule has 11 heteroatoms. The third-order valence-corrected chi connectivity index (χ3v) is 5.89. The van der Waals surface area contributed by atoms with Crippen molar-refractivity contribution in [1.82, 2.24) is 15.1 Å². The van der Waals surface area contributed by atoms with Crippen molar-refractivity contribution in [3.8, 4) is 17.2 Å². The molecule has 8 nitrogen and oxygen atoms in total. The first-order valence-corrected chi connectivity index (χ1v) is 10.5. The van der Waals surface area contributed by atoms with E-state index in [0.717, 1.165) is 16.4 Å². The zero-order valence-electron chi connectivity index (χ0n) is 18.1. The normalized spacial score (nSPS) is 18.7. The van der Waals surface area contributed by atoms with Crippen LogP contribution in [0.4, 0.5) is 19.0 Å². The van der Waals surface area contributed by atoms with Gasteiger partial charge >= 0.3 is 6.18 Å². The number of ether oxygens (including phenoxy) is 3. The zero-order valence-corrected chi connectivity index (χ0v) is 18.1. The van der Waals surface area contributed by atoms with Gasteiger partial charge in [0.15, 0.2) is 17.5 Å². The van der Waals surface area contributed by atoms with E-state index in [1.165, 1.54) is 0 Å². The van der Waals surface area contributed by atoms with E-state index in [0.29, 0.717) is 22.8 Å². The lowest BCUT2D eigenvalue weighted by atomic mass is 9.96. The van der Waals surface area contributed by atoms with Gasteiger partial charge in [0, 0.05) is 13.0 Å². The lowest BCUT2D eigenvalue weighted by Gasteiger charge is -2.34. The van der Waals surface area contributed by atoms with Crippen molar-refractivity contribution >= 4 is 11.7 Å². The van der Waals surface area contributed by atoms with Gasteiger partial charge in [-0.25, -0.2) is 4.68 Å². The minimum atomic E-state index is -4.55. The topological polar surface area (TPSA) is 86.6 Å². The molecule has 5 rings (SSSR count). The Bertz CT molecular complexity index is 1210. The van der Waals surface area contributed by atoms with Crippen molar-refractivity contribution in [3.63, 3.8) is 0 Å². The minimum Gasteiger partial charge on any atom is -0.497 e. The predicted octanol–water partition coefficient (Wildman–Crippen LogP) is 4.21. The van der Waals surface area contributed by atoms with Crippen LogP contribution in [0.3, 0.4) is 0 Å². The molecule has 34 heavy (non-hydrogen) atoms. The molecule has 0 aliphatic carbocycles. The molecule has 0 bridgehead atoms. The molecule has 0 spiro atoms. The van der Waals surface area contributed by atoms with Crippen LogP contribution in [0.5, 0.6) is 17.2 Å². The Morgan fingerprint density at radius 2 is 1.97 bits per heavy atom. The van der Waals surface area contributed by atoms with E-state index in [9.17, 15) is 18.0 Å². The number of nitrogens with one attached hydrogen (secondary N) is 2. The number of anilines is 1. The van der Waals surface area contributed by atoms with Crippen LogP contribution in [0.1, 0.15) is 40.0 Å². The first-order chi connectivity index (χ1) is 16.3. The van der Waals surface area contributed by atoms with E-state index in [1.807, 2.05) is 0 Å². The van der Waals surface area contributed by atoms with E-state index in [-0.39, 0.29) is 31.1 Å². The summed E-state index contributed by atoms with van der Waals surface area (Å²) in [6.07, 6.45) is -3.68. The molecule has 0 fully saturated rings. The number of methoxy groups -OCH3 is 1. The Balaban J connectivity index is 1.40. The number of carbonyl (C=O) groups is 1. The van der Waals surface area contributed by atoms with Crippen molar-refractivity contribution in [2.45, 2.75) is 31.2 Å². The fraction of sp³-hybridized carbons (Fsp3) is 0.304. The Kier molecular flexibility index (Phi) is 5.46. The molecular weight excluding hydrogens is 453 g/mol. The maximum Gasteiger partial charge on any atom is 0.410 e. The molecule has 3 heterocycles. The van der Waals surface area contributed by atoms with E-state index in [2.05, 4.69) is 15.7 Å². The van der Waals surface area contributed by atoms with Gasteiger partial charge in [0.05, 0.1) is 19.3 Å². The van der Waals surface area contributed by atoms with Crippen molar-refractivity contribution in [2.24, 2.45) is 0 Å². The first-order valence-electron chi connectivity index (χ1n) is 10.5. The van der Waals surface area contributed by atoms with Gasteiger partial charge in [-0.1, -0.05) is 18.2 Å². The summed E-state index contributed by atoms with van der Waals surface area (Å²) in [5.41, 5.74) is 1.44. The lowest BCUT2D eigenvalue weighted by Crippen LogP contribution is -2.36. The minimum absolute atomic E-state index is 0.0171. The fourth-order valence-electron chi connectivity index (χ4n) is 4.10. The van der Waals surface area contributed by atoms with E-state index in [4.69, 9.17) is 14.2 Å². The Hall–Kier alpha value is -3.89. The molecule has 1 aromatic heterocycles. The molecule has 0 saturated heterocycles. The molecule has 0 unspecified atom stereocenters. The van der Waals surface area contributed by atoms with Crippen molar-refractivity contribution in [1.29, 1.82) is 0 Å². The molecule has 3 aromatic rings. The SMILES string of the molecule is COc1ccc(CNC(=O)c2cnn3c2N[C@@H](c2ccc4c(c2)OCO4)C[C@@H]3C(F)(F)F)cc1. The number of benzene rings is 2. The van der Waals surface area contributed by atoms with Crippen LogP contribution < -0.4 is 24.8 Å². The number of aromatic nitrogens is 2. The van der Waals surface area contributed by atoms with E-state index < -0.39 is 24.2 Å². The molecule has 0 radical (unpaired) electrons. The smallest absolute Gasteiger partial charge is 0.410 e. The summed E-state index contributed by atoms with van der Waals surface area (Å²) in [6, 6.07) is 9.51. The highest BCUT2D eigenvalue weighted by Gasteiger charge is 2.47. The lowest BCUT2D eigenvalue weighted by molar-refractivity contribution is -0.173. The summed E-state index contributed by atoms with van der Waals surface area (Å²) in [6.45, 7) is 0.259. The fourth-order valence-corrected chi connectivity index (χ4v) is 4.10. The average molecular weight is 474 g/mol. The molecule has 1 amide bonds. The second-order valence-corrected chi connectivity index (χ2v) is 7.98. The summed E-state index contributed by atoms with van der Waals surface area (Å²) >= 11 is 0. The van der Waals surface area contributed by atoms with Crippen LogP contribution >= 0.6 is 0 Å². The summed E-state index contributed by atoms with van der Waals surface area (Å²) in [5, 5.41) is 9.72. The summed E-state index contributed by atoms with van der Waals surface area (Å²) in [4.78, 5) is 12.9. The Morgan fingerprint density at radius 1 is 1.21 bits per heavy atom. The standard InChI is InChI=1S/C23H21F3N4O4/c1-32-15-5-2-13(3-6-15)10-27-22(31)16-11-28-30-20(23(24,25)26)9-17(29-21(16)30)14-4-7-18-19(8-14)34-12-33-18/h2-8,11,17,20,29H,9-10,12H2,1H3,(H,27,31)/t17-,20-/m1/s1. The monoisotopic (exact) mass is 474 g/mol. The Labute approximate surface area is 192 Å². The van der Waals surface area contributed by atoms with Crippen LogP contribution in [0.15, 0.2) is 48.7 Å². The van der Waals surface area contributed by atoms with Crippen LogP contribution in [-0.4, -0.2) is 35.8 Å². The van der Waals surface area contributed by atoms with E-state index in [1.54, 1.807) is 49.6 Å². The van der Waals surface area contributed by atoms with E-state index >= 15 is 0 Å². The van der Waals surface area contributed by atoms with Gasteiger partial charge in [-0.2, -0.15) is 18.3 Å². The average Bonchev–Trinajstić information content (AvgIpc) is 3.48. The van der Waals surface area contributed by atoms with Crippen LogP contribution in [-0.2, 0) is 6.54 Å². The van der Waals surface area contributed by atoms with Gasteiger partial charge < -0.3 is 24.8 Å². The second kappa shape index (κ2) is 8.47. The first kappa shape index (κ1) is 21.9. The molecule has 2 aromatic carbocycles. The van der Waals surface area contributed by atoms with Crippen molar-refractivity contribution < 1.29 is 32.2 Å². The molecule has 2 atom stereocenters. The molecular formula is C23H21F3N4O4. The van der Waals surface area contributed by atoms with Gasteiger partial charge in [0.25, 0.3) is 5.91 Å². The van der Waals surface area contributed by atoms with Crippen molar-refractivity contribution in [3.05, 3.63) is 65.4 Å². The molecule has 178 valence electrons. The maximum absolute atomic E-state index is 13.9. The summed E-state index contributed by atoms with van der Waals surface area (Å²) in [7, 11) is 1.55. The highest BCUT2D eigenvalue weighted by Crippen LogP contribution is 2.45. The maximum atomic E-state index is 13.9. The summed E-state index contributed by atoms with van der Waals surface area (Å²) < 4.78 is 58.4. The van der Waals surface area contributed by atoms with Gasteiger partial charge in [-0.15, -0.1) is 0 Å². The summed E-state index contributed by atoms with van der Waals surface area (Å²) in [5.74, 6) is 1.17. The molecule has 2 aliphatic heterocycles. The number of hydrogen-bond donors (Lipinski definition) is 2. The van der Waals surface area contributed by atoms with Crippen LogP contribution in [0, 0.1) is 0 Å². The largest absolute Gasteiger partial charge is 0.497 e. The molecule has 2 aliphatic rings. The molecule has 0 saturated carbocycles. The predicted molar refractivity (Wildman–Crippen MR) is 115 cm³/mol. The van der Waals surface area contributed by atoms with Crippen LogP contribution in [0.25, 0.3) is 0 Å². The Morgan fingerprint density at radius 3 is 2.71 bits per heavy atom. The quantitative estimate of drug-likeness (QED) is 0.576. The number of halogens is 3. The van der Waals surface area contributed by atoms with Crippen molar-refractivity contribution in [2.75, 3.05) is 19.2 Å². The number of alkyl halides is 3.